The molecule has 1 amide bonds. The highest BCUT2D eigenvalue weighted by Gasteiger charge is 2.27. The summed E-state index contributed by atoms with van der Waals surface area (Å²) in [6.45, 7) is 2.71. The summed E-state index contributed by atoms with van der Waals surface area (Å²) in [6.07, 6.45) is 7.35. The molecule has 5 heterocycles. The number of aromatic nitrogens is 3. The SMILES string of the molecule is CC1Oc2cc(N3CCCC3=O)ccc2-c2cnc(Nc3cnc4ccn(S(C)(=O)=O)c4c3)cc21. The average molecular weight is 490 g/mol. The summed E-state index contributed by atoms with van der Waals surface area (Å²) in [5.41, 5.74) is 5.45. The molecule has 10 heteroatoms. The Kier molecular flexibility index (Phi) is 4.82. The quantitative estimate of drug-likeness (QED) is 0.457. The molecular formula is C25H23N5O4S. The van der Waals surface area contributed by atoms with E-state index in [-0.39, 0.29) is 12.0 Å². The van der Waals surface area contributed by atoms with Gasteiger partial charge in [-0.25, -0.2) is 17.4 Å². The van der Waals surface area contributed by atoms with Gasteiger partial charge in [-0.3, -0.25) is 9.78 Å². The first-order chi connectivity index (χ1) is 16.8. The molecule has 6 rings (SSSR count). The first-order valence-electron chi connectivity index (χ1n) is 11.3. The highest BCUT2D eigenvalue weighted by molar-refractivity contribution is 7.89. The Labute approximate surface area is 202 Å². The molecule has 4 aromatic rings. The van der Waals surface area contributed by atoms with Gasteiger partial charge in [-0.1, -0.05) is 0 Å². The van der Waals surface area contributed by atoms with Crippen LogP contribution < -0.4 is 15.0 Å². The largest absolute Gasteiger partial charge is 0.485 e. The van der Waals surface area contributed by atoms with Gasteiger partial charge in [0, 0.05) is 53.8 Å². The minimum Gasteiger partial charge on any atom is -0.485 e. The van der Waals surface area contributed by atoms with E-state index in [2.05, 4.69) is 15.3 Å². The van der Waals surface area contributed by atoms with E-state index < -0.39 is 10.0 Å². The van der Waals surface area contributed by atoms with Crippen molar-refractivity contribution in [2.24, 2.45) is 0 Å². The molecule has 2 aliphatic heterocycles. The summed E-state index contributed by atoms with van der Waals surface area (Å²) in [5.74, 6) is 1.48. The van der Waals surface area contributed by atoms with Gasteiger partial charge in [0.25, 0.3) is 0 Å². The number of pyridine rings is 2. The number of hydrogen-bond acceptors (Lipinski definition) is 7. The van der Waals surface area contributed by atoms with Crippen LogP contribution in [0.2, 0.25) is 0 Å². The number of benzene rings is 1. The minimum atomic E-state index is -3.44. The van der Waals surface area contributed by atoms with Crippen LogP contribution in [0, 0.1) is 0 Å². The van der Waals surface area contributed by atoms with Crippen molar-refractivity contribution in [1.82, 2.24) is 13.9 Å². The van der Waals surface area contributed by atoms with Gasteiger partial charge in [-0.15, -0.1) is 0 Å². The molecule has 2 aliphatic rings. The first kappa shape index (κ1) is 21.6. The number of nitrogens with zero attached hydrogens (tertiary/aromatic N) is 4. The van der Waals surface area contributed by atoms with Crippen molar-refractivity contribution >= 4 is 44.2 Å². The lowest BCUT2D eigenvalue weighted by molar-refractivity contribution is -0.117. The molecule has 0 radical (unpaired) electrons. The van der Waals surface area contributed by atoms with Crippen LogP contribution in [0.4, 0.5) is 17.2 Å². The van der Waals surface area contributed by atoms with Crippen LogP contribution in [0.3, 0.4) is 0 Å². The summed E-state index contributed by atoms with van der Waals surface area (Å²) in [5, 5.41) is 3.23. The Morgan fingerprint density at radius 2 is 1.94 bits per heavy atom. The van der Waals surface area contributed by atoms with Gasteiger partial charge in [-0.05, 0) is 43.7 Å². The topological polar surface area (TPSA) is 106 Å². The molecule has 0 saturated carbocycles. The lowest BCUT2D eigenvalue weighted by atomic mass is 9.94. The van der Waals surface area contributed by atoms with E-state index in [1.807, 2.05) is 31.2 Å². The number of fused-ring (bicyclic) bond motifs is 4. The molecule has 178 valence electrons. The van der Waals surface area contributed by atoms with E-state index in [4.69, 9.17) is 4.74 Å². The van der Waals surface area contributed by atoms with Gasteiger partial charge in [0.15, 0.2) is 0 Å². The minimum absolute atomic E-state index is 0.142. The highest BCUT2D eigenvalue weighted by Crippen LogP contribution is 2.44. The summed E-state index contributed by atoms with van der Waals surface area (Å²) < 4.78 is 31.5. The second-order valence-corrected chi connectivity index (χ2v) is 10.7. The molecule has 3 aromatic heterocycles. The third-order valence-corrected chi connectivity index (χ3v) is 7.48. The number of rotatable bonds is 4. The van der Waals surface area contributed by atoms with Gasteiger partial charge in [-0.2, -0.15) is 0 Å². The molecule has 1 unspecified atom stereocenters. The van der Waals surface area contributed by atoms with Crippen molar-refractivity contribution in [2.75, 3.05) is 23.0 Å². The number of nitrogens with one attached hydrogen (secondary N) is 1. The Morgan fingerprint density at radius 3 is 2.71 bits per heavy atom. The number of hydrogen-bond donors (Lipinski definition) is 1. The van der Waals surface area contributed by atoms with Gasteiger partial charge in [0.2, 0.25) is 15.9 Å². The molecule has 35 heavy (non-hydrogen) atoms. The summed E-state index contributed by atoms with van der Waals surface area (Å²) in [7, 11) is -3.44. The zero-order valence-corrected chi connectivity index (χ0v) is 20.0. The fraction of sp³-hybridized carbons (Fsp3) is 0.240. The van der Waals surface area contributed by atoms with Crippen molar-refractivity contribution < 1.29 is 17.9 Å². The van der Waals surface area contributed by atoms with Crippen LogP contribution >= 0.6 is 0 Å². The van der Waals surface area contributed by atoms with Gasteiger partial charge in [0.1, 0.15) is 17.7 Å². The Bertz CT molecular complexity index is 1610. The lowest BCUT2D eigenvalue weighted by Gasteiger charge is -2.28. The fourth-order valence-corrected chi connectivity index (χ4v) is 5.55. The smallest absolute Gasteiger partial charge is 0.236 e. The van der Waals surface area contributed by atoms with Crippen LogP contribution in [0.1, 0.15) is 31.4 Å². The molecule has 9 nitrogen and oxygen atoms in total. The molecular weight excluding hydrogens is 466 g/mol. The monoisotopic (exact) mass is 489 g/mol. The van der Waals surface area contributed by atoms with Crippen molar-refractivity contribution in [3.8, 4) is 16.9 Å². The van der Waals surface area contributed by atoms with Crippen molar-refractivity contribution in [3.63, 3.8) is 0 Å². The van der Waals surface area contributed by atoms with Crippen LogP contribution in [0.15, 0.2) is 55.0 Å². The lowest BCUT2D eigenvalue weighted by Crippen LogP contribution is -2.24. The van der Waals surface area contributed by atoms with E-state index >= 15 is 0 Å². The third-order valence-electron chi connectivity index (χ3n) is 6.45. The number of carbonyl (C=O) groups is 1. The van der Waals surface area contributed by atoms with Crippen LogP contribution in [0.25, 0.3) is 22.2 Å². The maximum atomic E-state index is 12.2. The maximum Gasteiger partial charge on any atom is 0.236 e. The van der Waals surface area contributed by atoms with Crippen molar-refractivity contribution in [1.29, 1.82) is 0 Å². The van der Waals surface area contributed by atoms with Crippen molar-refractivity contribution in [2.45, 2.75) is 25.9 Å². The summed E-state index contributed by atoms with van der Waals surface area (Å²) >= 11 is 0. The van der Waals surface area contributed by atoms with E-state index in [0.29, 0.717) is 29.0 Å². The number of carbonyl (C=O) groups excluding carboxylic acids is 1. The highest BCUT2D eigenvalue weighted by atomic mass is 32.2. The molecule has 0 bridgehead atoms. The van der Waals surface area contributed by atoms with Crippen LogP contribution in [-0.4, -0.2) is 41.1 Å². The fourth-order valence-electron chi connectivity index (χ4n) is 4.77. The number of ether oxygens (including phenoxy) is 1. The van der Waals surface area contributed by atoms with E-state index in [1.165, 1.54) is 10.2 Å². The van der Waals surface area contributed by atoms with Gasteiger partial charge in [0.05, 0.1) is 29.2 Å². The molecule has 1 atom stereocenters. The zero-order valence-electron chi connectivity index (χ0n) is 19.2. The molecule has 0 aliphatic carbocycles. The second kappa shape index (κ2) is 7.81. The van der Waals surface area contributed by atoms with Gasteiger partial charge >= 0.3 is 0 Å². The normalized spacial score (nSPS) is 17.3. The van der Waals surface area contributed by atoms with Crippen LogP contribution in [0.5, 0.6) is 5.75 Å². The Balaban J connectivity index is 1.32. The zero-order chi connectivity index (χ0) is 24.3. The third kappa shape index (κ3) is 3.70. The predicted molar refractivity (Wildman–Crippen MR) is 134 cm³/mol. The average Bonchev–Trinajstić information content (AvgIpc) is 3.44. The Morgan fingerprint density at radius 1 is 1.09 bits per heavy atom. The Hall–Kier alpha value is -3.92. The predicted octanol–water partition coefficient (Wildman–Crippen LogP) is 4.23. The second-order valence-electron chi connectivity index (χ2n) is 8.87. The number of amides is 1. The van der Waals surface area contributed by atoms with Gasteiger partial charge < -0.3 is 15.0 Å². The molecule has 1 saturated heterocycles. The van der Waals surface area contributed by atoms with E-state index in [9.17, 15) is 13.2 Å². The summed E-state index contributed by atoms with van der Waals surface area (Å²) in [4.78, 5) is 22.9. The molecule has 1 aromatic carbocycles. The first-order valence-corrected chi connectivity index (χ1v) is 13.2. The standard InChI is InChI=1S/C25H23N5O4S/c1-15-19-12-24(28-16-10-22-21(26-13-16)7-9-30(22)35(2,32)33)27-14-20(19)18-6-5-17(11-23(18)34-15)29-8-3-4-25(29)31/h5-7,9-15H,3-4,8H2,1-2H3,(H,27,28). The summed E-state index contributed by atoms with van der Waals surface area (Å²) in [6, 6.07) is 11.2. The van der Waals surface area contributed by atoms with E-state index in [0.717, 1.165) is 47.3 Å². The number of anilines is 3. The maximum absolute atomic E-state index is 12.2. The molecule has 1 fully saturated rings. The van der Waals surface area contributed by atoms with E-state index in [1.54, 1.807) is 29.4 Å². The van der Waals surface area contributed by atoms with Crippen molar-refractivity contribution in [3.05, 3.63) is 60.6 Å². The molecule has 0 spiro atoms. The molecule has 1 N–H and O–H groups in total. The van der Waals surface area contributed by atoms with Crippen LogP contribution in [-0.2, 0) is 14.8 Å².